The highest BCUT2D eigenvalue weighted by molar-refractivity contribution is 5.94. The van der Waals surface area contributed by atoms with Crippen LogP contribution in [0.2, 0.25) is 0 Å². The Morgan fingerprint density at radius 3 is 2.96 bits per heavy atom. The van der Waals surface area contributed by atoms with Gasteiger partial charge in [0.1, 0.15) is 11.9 Å². The van der Waals surface area contributed by atoms with Crippen molar-refractivity contribution in [2.45, 2.75) is 38.2 Å². The average Bonchev–Trinajstić information content (AvgIpc) is 3.15. The summed E-state index contributed by atoms with van der Waals surface area (Å²) in [4.78, 5) is 14.6. The lowest BCUT2D eigenvalue weighted by atomic mass is 9.95. The van der Waals surface area contributed by atoms with Gasteiger partial charge in [0, 0.05) is 31.8 Å². The maximum atomic E-state index is 12.9. The Morgan fingerprint density at radius 1 is 1.33 bits per heavy atom. The Morgan fingerprint density at radius 2 is 2.12 bits per heavy atom. The van der Waals surface area contributed by atoms with E-state index >= 15 is 0 Å². The molecule has 24 heavy (non-hydrogen) atoms. The van der Waals surface area contributed by atoms with E-state index in [-0.39, 0.29) is 12.0 Å². The zero-order valence-corrected chi connectivity index (χ0v) is 14.3. The van der Waals surface area contributed by atoms with E-state index < -0.39 is 0 Å². The predicted octanol–water partition coefficient (Wildman–Crippen LogP) is 2.37. The number of hydrogen-bond acceptors (Lipinski definition) is 3. The second-order valence-electron chi connectivity index (χ2n) is 6.84. The summed E-state index contributed by atoms with van der Waals surface area (Å²) in [5.41, 5.74) is 4.22. The lowest BCUT2D eigenvalue weighted by Gasteiger charge is -2.21. The van der Waals surface area contributed by atoms with Crippen LogP contribution < -0.4 is 4.74 Å². The molecule has 2 heterocycles. The number of likely N-dealkylation sites (N-methyl/N-ethyl adjacent to an activating group) is 1. The van der Waals surface area contributed by atoms with Crippen LogP contribution in [0.25, 0.3) is 0 Å². The van der Waals surface area contributed by atoms with E-state index in [1.165, 1.54) is 17.7 Å². The quantitative estimate of drug-likeness (QED) is 0.870. The Hall–Kier alpha value is -2.30. The molecule has 0 radical (unpaired) electrons. The predicted molar refractivity (Wildman–Crippen MR) is 91.4 cm³/mol. The maximum absolute atomic E-state index is 12.9. The molecule has 0 unspecified atom stereocenters. The van der Waals surface area contributed by atoms with Gasteiger partial charge in [-0.25, -0.2) is 0 Å². The van der Waals surface area contributed by atoms with E-state index in [1.807, 2.05) is 37.0 Å². The fraction of sp³-hybridized carbons (Fsp3) is 0.474. The van der Waals surface area contributed by atoms with Gasteiger partial charge in [0.2, 0.25) is 0 Å². The Balaban J connectivity index is 1.48. The molecule has 126 valence electrons. The summed E-state index contributed by atoms with van der Waals surface area (Å²) in [5.74, 6) is 0.951. The minimum atomic E-state index is 0.00769. The smallest absolute Gasteiger partial charge is 0.274 e. The minimum absolute atomic E-state index is 0.00769. The van der Waals surface area contributed by atoms with Gasteiger partial charge in [-0.3, -0.25) is 9.48 Å². The third-order valence-electron chi connectivity index (χ3n) is 5.11. The van der Waals surface area contributed by atoms with Crippen molar-refractivity contribution < 1.29 is 9.53 Å². The van der Waals surface area contributed by atoms with Crippen molar-refractivity contribution in [1.29, 1.82) is 0 Å². The van der Waals surface area contributed by atoms with Crippen molar-refractivity contribution in [2.24, 2.45) is 7.05 Å². The molecule has 1 amide bonds. The molecule has 1 aromatic carbocycles. The average molecular weight is 325 g/mol. The van der Waals surface area contributed by atoms with E-state index in [2.05, 4.69) is 11.2 Å². The van der Waals surface area contributed by atoms with Crippen LogP contribution in [0.3, 0.4) is 0 Å². The van der Waals surface area contributed by atoms with E-state index in [0.717, 1.165) is 37.0 Å². The monoisotopic (exact) mass is 325 g/mol. The largest absolute Gasteiger partial charge is 0.488 e. The number of aromatic nitrogens is 2. The summed E-state index contributed by atoms with van der Waals surface area (Å²) >= 11 is 0. The number of fused-ring (bicyclic) bond motifs is 2. The van der Waals surface area contributed by atoms with Crippen LogP contribution in [0.15, 0.2) is 24.3 Å². The minimum Gasteiger partial charge on any atom is -0.488 e. The van der Waals surface area contributed by atoms with E-state index in [4.69, 9.17) is 4.74 Å². The summed E-state index contributed by atoms with van der Waals surface area (Å²) < 4.78 is 7.85. The first kappa shape index (κ1) is 15.2. The normalized spacial score (nSPS) is 18.7. The SMILES string of the molecule is CN(C[C@@H]1Cc2ccccc2O1)C(=O)c1nn(C)c2c1CCCC2. The van der Waals surface area contributed by atoms with E-state index in [1.54, 1.807) is 4.90 Å². The number of hydrogen-bond donors (Lipinski definition) is 0. The molecule has 4 rings (SSSR count). The molecule has 1 aliphatic heterocycles. The molecule has 1 aromatic heterocycles. The number of rotatable bonds is 3. The Kier molecular flexibility index (Phi) is 3.79. The molecule has 1 aliphatic carbocycles. The highest BCUT2D eigenvalue weighted by atomic mass is 16.5. The highest BCUT2D eigenvalue weighted by Crippen LogP contribution is 2.29. The van der Waals surface area contributed by atoms with Crippen LogP contribution in [0.4, 0.5) is 0 Å². The molecule has 5 nitrogen and oxygen atoms in total. The Bertz CT molecular complexity index is 756. The van der Waals surface area contributed by atoms with Crippen LogP contribution in [-0.4, -0.2) is 40.3 Å². The molecule has 0 bridgehead atoms. The van der Waals surface area contributed by atoms with Crippen LogP contribution in [0.5, 0.6) is 5.75 Å². The third-order valence-corrected chi connectivity index (χ3v) is 5.11. The zero-order valence-electron chi connectivity index (χ0n) is 14.3. The molecule has 0 saturated heterocycles. The molecular formula is C19H23N3O2. The topological polar surface area (TPSA) is 47.4 Å². The van der Waals surface area contributed by atoms with Gasteiger partial charge in [0.15, 0.2) is 5.69 Å². The number of aryl methyl sites for hydroxylation is 1. The lowest BCUT2D eigenvalue weighted by molar-refractivity contribution is 0.0723. The summed E-state index contributed by atoms with van der Waals surface area (Å²) in [6.07, 6.45) is 5.19. The molecule has 2 aromatic rings. The zero-order chi connectivity index (χ0) is 16.7. The first-order chi connectivity index (χ1) is 11.6. The molecule has 1 atom stereocenters. The van der Waals surface area contributed by atoms with Crippen molar-refractivity contribution in [3.8, 4) is 5.75 Å². The molecule has 0 saturated carbocycles. The highest BCUT2D eigenvalue weighted by Gasteiger charge is 2.29. The van der Waals surface area contributed by atoms with Gasteiger partial charge in [0.05, 0.1) is 6.54 Å². The van der Waals surface area contributed by atoms with Crippen molar-refractivity contribution in [1.82, 2.24) is 14.7 Å². The van der Waals surface area contributed by atoms with Crippen molar-refractivity contribution in [3.05, 3.63) is 46.8 Å². The van der Waals surface area contributed by atoms with Crippen LogP contribution in [-0.2, 0) is 26.3 Å². The number of carbonyl (C=O) groups is 1. The van der Waals surface area contributed by atoms with Gasteiger partial charge in [-0.05, 0) is 37.3 Å². The molecule has 5 heteroatoms. The fourth-order valence-electron chi connectivity index (χ4n) is 3.87. The Labute approximate surface area is 142 Å². The summed E-state index contributed by atoms with van der Waals surface area (Å²) in [7, 11) is 3.79. The number of para-hydroxylation sites is 1. The number of nitrogens with zero attached hydrogens (tertiary/aromatic N) is 3. The van der Waals surface area contributed by atoms with Gasteiger partial charge in [-0.1, -0.05) is 18.2 Å². The first-order valence-electron chi connectivity index (χ1n) is 8.68. The summed E-state index contributed by atoms with van der Waals surface area (Å²) in [6, 6.07) is 8.09. The number of amides is 1. The van der Waals surface area contributed by atoms with Crippen LogP contribution >= 0.6 is 0 Å². The van der Waals surface area contributed by atoms with Gasteiger partial charge in [0.25, 0.3) is 5.91 Å². The number of benzene rings is 1. The molecule has 0 fully saturated rings. The van der Waals surface area contributed by atoms with Gasteiger partial charge >= 0.3 is 0 Å². The first-order valence-corrected chi connectivity index (χ1v) is 8.68. The molecule has 2 aliphatic rings. The van der Waals surface area contributed by atoms with Crippen molar-refractivity contribution in [2.75, 3.05) is 13.6 Å². The summed E-state index contributed by atoms with van der Waals surface area (Å²) in [5, 5.41) is 4.51. The van der Waals surface area contributed by atoms with Gasteiger partial charge in [-0.2, -0.15) is 5.10 Å². The standard InChI is InChI=1S/C19H23N3O2/c1-21(12-14-11-13-7-3-6-10-17(13)24-14)19(23)18-15-8-4-5-9-16(15)22(2)20-18/h3,6-7,10,14H,4-5,8-9,11-12H2,1-2H3/t14-/m0/s1. The second kappa shape index (κ2) is 5.96. The van der Waals surface area contributed by atoms with Crippen molar-refractivity contribution >= 4 is 5.91 Å². The van der Waals surface area contributed by atoms with Gasteiger partial charge in [-0.15, -0.1) is 0 Å². The molecule has 0 spiro atoms. The van der Waals surface area contributed by atoms with Gasteiger partial charge < -0.3 is 9.64 Å². The molecular weight excluding hydrogens is 302 g/mol. The number of carbonyl (C=O) groups excluding carboxylic acids is 1. The summed E-state index contributed by atoms with van der Waals surface area (Å²) in [6.45, 7) is 0.582. The lowest BCUT2D eigenvalue weighted by Crippen LogP contribution is -2.37. The van der Waals surface area contributed by atoms with E-state index in [0.29, 0.717) is 12.2 Å². The number of ether oxygens (including phenoxy) is 1. The van der Waals surface area contributed by atoms with Crippen molar-refractivity contribution in [3.63, 3.8) is 0 Å². The fourth-order valence-corrected chi connectivity index (χ4v) is 3.87. The van der Waals surface area contributed by atoms with Crippen LogP contribution in [0, 0.1) is 0 Å². The van der Waals surface area contributed by atoms with E-state index in [9.17, 15) is 4.79 Å². The third kappa shape index (κ3) is 2.58. The van der Waals surface area contributed by atoms with Crippen LogP contribution in [0.1, 0.15) is 40.2 Å². The second-order valence-corrected chi connectivity index (χ2v) is 6.84. The maximum Gasteiger partial charge on any atom is 0.274 e. The molecule has 0 N–H and O–H groups in total.